The standard InChI is InChI=1S/C22H26N2O/c1-24(15-17-10-11-17)13-12-19-14-23-20-8-5-9-21(22(19)20)25-16-18-6-3-2-4-7-18/h2-9,14,17,23H,10-13,15-16H2,1H3. The van der Waals surface area contributed by atoms with Crippen LogP contribution in [0.5, 0.6) is 5.75 Å². The minimum atomic E-state index is 0.603. The molecular weight excluding hydrogens is 308 g/mol. The summed E-state index contributed by atoms with van der Waals surface area (Å²) in [6.45, 7) is 2.93. The van der Waals surface area contributed by atoms with Crippen LogP contribution >= 0.6 is 0 Å². The fourth-order valence-corrected chi connectivity index (χ4v) is 3.42. The van der Waals surface area contributed by atoms with Gasteiger partial charge in [-0.3, -0.25) is 0 Å². The molecule has 0 saturated heterocycles. The van der Waals surface area contributed by atoms with Crippen LogP contribution in [-0.4, -0.2) is 30.0 Å². The highest BCUT2D eigenvalue weighted by Crippen LogP contribution is 2.31. The Morgan fingerprint density at radius 3 is 2.72 bits per heavy atom. The molecule has 1 aliphatic rings. The largest absolute Gasteiger partial charge is 0.488 e. The predicted octanol–water partition coefficient (Wildman–Crippen LogP) is 4.63. The Morgan fingerprint density at radius 2 is 1.92 bits per heavy atom. The van der Waals surface area contributed by atoms with E-state index < -0.39 is 0 Å². The van der Waals surface area contributed by atoms with E-state index in [4.69, 9.17) is 4.74 Å². The van der Waals surface area contributed by atoms with Crippen molar-refractivity contribution in [2.24, 2.45) is 5.92 Å². The van der Waals surface area contributed by atoms with Crippen molar-refractivity contribution >= 4 is 10.9 Å². The van der Waals surface area contributed by atoms with Gasteiger partial charge in [0.05, 0.1) is 0 Å². The summed E-state index contributed by atoms with van der Waals surface area (Å²) in [6.07, 6.45) is 6.02. The molecule has 3 aromatic rings. The van der Waals surface area contributed by atoms with Gasteiger partial charge in [0.1, 0.15) is 12.4 Å². The van der Waals surface area contributed by atoms with Crippen LogP contribution in [0.25, 0.3) is 10.9 Å². The van der Waals surface area contributed by atoms with E-state index in [0.29, 0.717) is 6.61 Å². The van der Waals surface area contributed by atoms with Crippen LogP contribution in [0, 0.1) is 5.92 Å². The summed E-state index contributed by atoms with van der Waals surface area (Å²) in [7, 11) is 2.24. The summed E-state index contributed by atoms with van der Waals surface area (Å²) >= 11 is 0. The third-order valence-electron chi connectivity index (χ3n) is 5.02. The van der Waals surface area contributed by atoms with E-state index in [1.165, 1.54) is 35.9 Å². The second-order valence-corrected chi connectivity index (χ2v) is 7.22. The lowest BCUT2D eigenvalue weighted by Crippen LogP contribution is -2.23. The number of nitrogens with one attached hydrogen (secondary N) is 1. The minimum absolute atomic E-state index is 0.603. The molecule has 1 aromatic heterocycles. The van der Waals surface area contributed by atoms with Crippen LogP contribution < -0.4 is 4.74 Å². The Morgan fingerprint density at radius 1 is 1.08 bits per heavy atom. The molecule has 0 unspecified atom stereocenters. The average Bonchev–Trinajstić information content (AvgIpc) is 3.35. The summed E-state index contributed by atoms with van der Waals surface area (Å²) in [5.41, 5.74) is 3.70. The van der Waals surface area contributed by atoms with Crippen LogP contribution in [0.4, 0.5) is 0 Å². The van der Waals surface area contributed by atoms with Gasteiger partial charge in [-0.25, -0.2) is 0 Å². The smallest absolute Gasteiger partial charge is 0.129 e. The summed E-state index contributed by atoms with van der Waals surface area (Å²) in [6, 6.07) is 16.6. The molecule has 3 nitrogen and oxygen atoms in total. The predicted molar refractivity (Wildman–Crippen MR) is 103 cm³/mol. The van der Waals surface area contributed by atoms with Crippen LogP contribution in [0.15, 0.2) is 54.7 Å². The zero-order valence-corrected chi connectivity index (χ0v) is 14.9. The first-order valence-corrected chi connectivity index (χ1v) is 9.24. The Balaban J connectivity index is 1.47. The molecular formula is C22H26N2O. The summed E-state index contributed by atoms with van der Waals surface area (Å²) < 4.78 is 6.15. The van der Waals surface area contributed by atoms with E-state index >= 15 is 0 Å². The van der Waals surface area contributed by atoms with Gasteiger partial charge in [0.2, 0.25) is 0 Å². The average molecular weight is 334 g/mol. The lowest BCUT2D eigenvalue weighted by Gasteiger charge is -2.16. The maximum atomic E-state index is 6.15. The Bertz CT molecular complexity index is 820. The van der Waals surface area contributed by atoms with Crippen LogP contribution in [0.2, 0.25) is 0 Å². The van der Waals surface area contributed by atoms with Crippen molar-refractivity contribution in [3.05, 3.63) is 65.9 Å². The monoisotopic (exact) mass is 334 g/mol. The normalized spacial score (nSPS) is 14.3. The highest BCUT2D eigenvalue weighted by molar-refractivity contribution is 5.89. The molecule has 0 aliphatic heterocycles. The zero-order chi connectivity index (χ0) is 17.1. The van der Waals surface area contributed by atoms with Crippen molar-refractivity contribution in [1.29, 1.82) is 0 Å². The van der Waals surface area contributed by atoms with Gasteiger partial charge >= 0.3 is 0 Å². The van der Waals surface area contributed by atoms with E-state index in [0.717, 1.165) is 30.1 Å². The van der Waals surface area contributed by atoms with Crippen molar-refractivity contribution in [1.82, 2.24) is 9.88 Å². The number of benzene rings is 2. The molecule has 130 valence electrons. The number of aromatic amines is 1. The maximum Gasteiger partial charge on any atom is 0.129 e. The van der Waals surface area contributed by atoms with E-state index in [-0.39, 0.29) is 0 Å². The molecule has 1 fully saturated rings. The fourth-order valence-electron chi connectivity index (χ4n) is 3.42. The molecule has 0 spiro atoms. The number of ether oxygens (including phenoxy) is 1. The second kappa shape index (κ2) is 7.32. The molecule has 0 bridgehead atoms. The van der Waals surface area contributed by atoms with Gasteiger partial charge in [0.25, 0.3) is 0 Å². The number of hydrogen-bond acceptors (Lipinski definition) is 2. The number of likely N-dealkylation sites (N-methyl/N-ethyl adjacent to an activating group) is 1. The van der Waals surface area contributed by atoms with Crippen LogP contribution in [0.3, 0.4) is 0 Å². The molecule has 25 heavy (non-hydrogen) atoms. The first-order valence-electron chi connectivity index (χ1n) is 9.24. The van der Waals surface area contributed by atoms with Gasteiger partial charge in [-0.2, -0.15) is 0 Å². The molecule has 1 N–H and O–H groups in total. The van der Waals surface area contributed by atoms with Crippen molar-refractivity contribution in [3.63, 3.8) is 0 Å². The van der Waals surface area contributed by atoms with Crippen molar-refractivity contribution in [2.45, 2.75) is 25.9 Å². The highest BCUT2D eigenvalue weighted by Gasteiger charge is 2.22. The number of H-pyrrole nitrogens is 1. The Kier molecular flexibility index (Phi) is 4.75. The molecule has 1 saturated carbocycles. The minimum Gasteiger partial charge on any atom is -0.488 e. The molecule has 3 heteroatoms. The molecule has 1 aliphatic carbocycles. The highest BCUT2D eigenvalue weighted by atomic mass is 16.5. The topological polar surface area (TPSA) is 28.3 Å². The van der Waals surface area contributed by atoms with Crippen LogP contribution in [0.1, 0.15) is 24.0 Å². The third-order valence-corrected chi connectivity index (χ3v) is 5.02. The number of rotatable bonds is 8. The zero-order valence-electron chi connectivity index (χ0n) is 14.9. The van der Waals surface area contributed by atoms with Gasteiger partial charge in [0.15, 0.2) is 0 Å². The fraction of sp³-hybridized carbons (Fsp3) is 0.364. The molecule has 0 radical (unpaired) electrons. The van der Waals surface area contributed by atoms with Crippen molar-refractivity contribution < 1.29 is 4.74 Å². The van der Waals surface area contributed by atoms with E-state index in [1.54, 1.807) is 0 Å². The number of fused-ring (bicyclic) bond motifs is 1. The van der Waals surface area contributed by atoms with Crippen molar-refractivity contribution in [3.8, 4) is 5.75 Å². The SMILES string of the molecule is CN(CCc1c[nH]c2cccc(OCc3ccccc3)c12)CC1CC1. The number of nitrogens with zero attached hydrogens (tertiary/aromatic N) is 1. The van der Waals surface area contributed by atoms with Crippen LogP contribution in [-0.2, 0) is 13.0 Å². The summed E-state index contributed by atoms with van der Waals surface area (Å²) in [5, 5.41) is 1.23. The Hall–Kier alpha value is -2.26. The van der Waals surface area contributed by atoms with Crippen molar-refractivity contribution in [2.75, 3.05) is 20.1 Å². The lowest BCUT2D eigenvalue weighted by molar-refractivity contribution is 0.309. The number of aromatic nitrogens is 1. The van der Waals surface area contributed by atoms with E-state index in [1.807, 2.05) is 6.07 Å². The van der Waals surface area contributed by atoms with E-state index in [2.05, 4.69) is 65.6 Å². The van der Waals surface area contributed by atoms with Gasteiger partial charge in [-0.15, -0.1) is 0 Å². The second-order valence-electron chi connectivity index (χ2n) is 7.22. The molecule has 0 atom stereocenters. The summed E-state index contributed by atoms with van der Waals surface area (Å²) in [5.74, 6) is 1.92. The van der Waals surface area contributed by atoms with Gasteiger partial charge < -0.3 is 14.6 Å². The molecule has 1 heterocycles. The van der Waals surface area contributed by atoms with Gasteiger partial charge in [-0.1, -0.05) is 36.4 Å². The summed E-state index contributed by atoms with van der Waals surface area (Å²) in [4.78, 5) is 5.87. The van der Waals surface area contributed by atoms with Gasteiger partial charge in [-0.05, 0) is 55.5 Å². The Labute approximate surface area is 149 Å². The van der Waals surface area contributed by atoms with E-state index in [9.17, 15) is 0 Å². The quantitative estimate of drug-likeness (QED) is 0.650. The number of hydrogen-bond donors (Lipinski definition) is 1. The molecule has 4 rings (SSSR count). The van der Waals surface area contributed by atoms with Gasteiger partial charge in [0, 0.05) is 30.2 Å². The first-order chi connectivity index (χ1) is 12.3. The molecule has 2 aromatic carbocycles. The first kappa shape index (κ1) is 16.2. The lowest BCUT2D eigenvalue weighted by atomic mass is 10.1. The molecule has 0 amide bonds. The third kappa shape index (κ3) is 4.05. The maximum absolute atomic E-state index is 6.15.